The fourth-order valence-corrected chi connectivity index (χ4v) is 2.55. The Morgan fingerprint density at radius 2 is 2.20 bits per heavy atom. The number of nitrogens with one attached hydrogen (secondary N) is 1. The first kappa shape index (κ1) is 10.9. The van der Waals surface area contributed by atoms with Gasteiger partial charge in [0, 0.05) is 11.1 Å². The average molecular weight is 225 g/mol. The van der Waals surface area contributed by atoms with Crippen molar-refractivity contribution in [2.24, 2.45) is 11.7 Å². The van der Waals surface area contributed by atoms with E-state index in [0.29, 0.717) is 12.0 Å². The lowest BCUT2D eigenvalue weighted by Crippen LogP contribution is -2.37. The molecule has 0 saturated carbocycles. The molecule has 3 N–H and O–H groups in total. The molecule has 0 spiro atoms. The Balaban J connectivity index is 2.24. The molecule has 82 valence electrons. The third kappa shape index (κ3) is 2.33. The van der Waals surface area contributed by atoms with Crippen LogP contribution < -0.4 is 11.1 Å². The van der Waals surface area contributed by atoms with Crippen molar-refractivity contribution in [2.45, 2.75) is 18.9 Å². The summed E-state index contributed by atoms with van der Waals surface area (Å²) in [5, 5.41) is 4.36. The molecule has 1 aliphatic heterocycles. The molecule has 15 heavy (non-hydrogen) atoms. The summed E-state index contributed by atoms with van der Waals surface area (Å²) >= 11 is 6.20. The number of halogens is 1. The quantitative estimate of drug-likeness (QED) is 0.810. The Hall–Kier alpha value is -0.570. The minimum Gasteiger partial charge on any atom is -0.330 e. The van der Waals surface area contributed by atoms with E-state index in [-0.39, 0.29) is 0 Å². The molecule has 1 heterocycles. The predicted octanol–water partition coefficient (Wildman–Crippen LogP) is 2.34. The molecule has 0 bridgehead atoms. The van der Waals surface area contributed by atoms with Crippen LogP contribution in [0.25, 0.3) is 0 Å². The predicted molar refractivity (Wildman–Crippen MR) is 64.0 cm³/mol. The summed E-state index contributed by atoms with van der Waals surface area (Å²) in [4.78, 5) is 0. The van der Waals surface area contributed by atoms with E-state index in [2.05, 4.69) is 11.4 Å². The molecule has 0 amide bonds. The number of rotatable bonds is 2. The summed E-state index contributed by atoms with van der Waals surface area (Å²) in [5.74, 6) is 0.513. The molecule has 1 aliphatic rings. The maximum Gasteiger partial charge on any atom is 0.0453 e. The van der Waals surface area contributed by atoms with Gasteiger partial charge in [0.05, 0.1) is 0 Å². The van der Waals surface area contributed by atoms with Crippen molar-refractivity contribution >= 4 is 11.6 Å². The molecule has 0 aromatic heterocycles. The van der Waals surface area contributed by atoms with Crippen LogP contribution in [0.5, 0.6) is 0 Å². The highest BCUT2D eigenvalue weighted by Gasteiger charge is 2.26. The zero-order valence-electron chi connectivity index (χ0n) is 8.75. The zero-order valence-corrected chi connectivity index (χ0v) is 9.50. The van der Waals surface area contributed by atoms with E-state index in [9.17, 15) is 0 Å². The molecule has 3 heteroatoms. The summed E-state index contributed by atoms with van der Waals surface area (Å²) in [7, 11) is 0. The Morgan fingerprint density at radius 1 is 1.40 bits per heavy atom. The molecule has 2 rings (SSSR count). The van der Waals surface area contributed by atoms with E-state index in [4.69, 9.17) is 17.3 Å². The van der Waals surface area contributed by atoms with E-state index in [1.165, 1.54) is 18.4 Å². The summed E-state index contributed by atoms with van der Waals surface area (Å²) < 4.78 is 0. The number of piperidine rings is 1. The first-order valence-corrected chi connectivity index (χ1v) is 5.88. The van der Waals surface area contributed by atoms with Gasteiger partial charge in [-0.1, -0.05) is 29.8 Å². The molecule has 1 aromatic carbocycles. The fourth-order valence-electron chi connectivity index (χ4n) is 2.30. The maximum absolute atomic E-state index is 6.20. The fraction of sp³-hybridized carbons (Fsp3) is 0.500. The van der Waals surface area contributed by atoms with Crippen molar-refractivity contribution in [3.63, 3.8) is 0 Å². The van der Waals surface area contributed by atoms with Crippen LogP contribution in [0.1, 0.15) is 24.4 Å². The van der Waals surface area contributed by atoms with Crippen LogP contribution >= 0.6 is 11.6 Å². The minimum atomic E-state index is 0.331. The molecule has 2 atom stereocenters. The monoisotopic (exact) mass is 224 g/mol. The van der Waals surface area contributed by atoms with Crippen LogP contribution in [0.15, 0.2) is 24.3 Å². The molecule has 1 saturated heterocycles. The standard InChI is InChI=1S/C12H17ClN2/c13-11-6-2-1-5-10(11)12-9(8-14)4-3-7-15-12/h1-2,5-6,9,12,15H,3-4,7-8,14H2/t9-,12+/m1/s1. The Morgan fingerprint density at radius 3 is 2.93 bits per heavy atom. The van der Waals surface area contributed by atoms with E-state index < -0.39 is 0 Å². The van der Waals surface area contributed by atoms with Gasteiger partial charge < -0.3 is 11.1 Å². The molecule has 0 unspecified atom stereocenters. The molecule has 0 aliphatic carbocycles. The van der Waals surface area contributed by atoms with Crippen LogP contribution in [0, 0.1) is 5.92 Å². The summed E-state index contributed by atoms with van der Waals surface area (Å²) in [6.45, 7) is 1.79. The van der Waals surface area contributed by atoms with Crippen molar-refractivity contribution in [2.75, 3.05) is 13.1 Å². The summed E-state index contributed by atoms with van der Waals surface area (Å²) in [6.07, 6.45) is 2.40. The zero-order chi connectivity index (χ0) is 10.7. The maximum atomic E-state index is 6.20. The largest absolute Gasteiger partial charge is 0.330 e. The Kier molecular flexibility index (Phi) is 3.62. The summed E-state index contributed by atoms with van der Waals surface area (Å²) in [6, 6.07) is 8.36. The Bertz CT molecular complexity index is 327. The van der Waals surface area contributed by atoms with E-state index >= 15 is 0 Å². The minimum absolute atomic E-state index is 0.331. The van der Waals surface area contributed by atoms with Gasteiger partial charge in [0.2, 0.25) is 0 Å². The second kappa shape index (κ2) is 4.97. The van der Waals surface area contributed by atoms with Gasteiger partial charge in [-0.2, -0.15) is 0 Å². The van der Waals surface area contributed by atoms with Crippen LogP contribution in [-0.4, -0.2) is 13.1 Å². The second-order valence-electron chi connectivity index (χ2n) is 4.09. The van der Waals surface area contributed by atoms with Gasteiger partial charge in [-0.3, -0.25) is 0 Å². The molecule has 2 nitrogen and oxygen atoms in total. The first-order chi connectivity index (χ1) is 7.33. The third-order valence-electron chi connectivity index (χ3n) is 3.13. The Labute approximate surface area is 95.8 Å². The van der Waals surface area contributed by atoms with Crippen LogP contribution in [0.3, 0.4) is 0 Å². The highest BCUT2D eigenvalue weighted by atomic mass is 35.5. The van der Waals surface area contributed by atoms with Crippen molar-refractivity contribution in [1.82, 2.24) is 5.32 Å². The number of nitrogens with two attached hydrogens (primary N) is 1. The lowest BCUT2D eigenvalue weighted by atomic mass is 9.86. The molecular weight excluding hydrogens is 208 g/mol. The highest BCUT2D eigenvalue weighted by molar-refractivity contribution is 6.31. The molecule has 1 fully saturated rings. The lowest BCUT2D eigenvalue weighted by Gasteiger charge is -2.32. The van der Waals surface area contributed by atoms with Gasteiger partial charge in [-0.15, -0.1) is 0 Å². The first-order valence-electron chi connectivity index (χ1n) is 5.51. The van der Waals surface area contributed by atoms with Crippen molar-refractivity contribution in [3.05, 3.63) is 34.9 Å². The van der Waals surface area contributed by atoms with E-state index in [1.54, 1.807) is 0 Å². The van der Waals surface area contributed by atoms with Crippen LogP contribution in [0.2, 0.25) is 5.02 Å². The van der Waals surface area contributed by atoms with Gasteiger partial charge in [0.1, 0.15) is 0 Å². The number of hydrogen-bond donors (Lipinski definition) is 2. The second-order valence-corrected chi connectivity index (χ2v) is 4.50. The van der Waals surface area contributed by atoms with Gasteiger partial charge in [-0.05, 0) is 43.5 Å². The van der Waals surface area contributed by atoms with Crippen molar-refractivity contribution < 1.29 is 0 Å². The number of hydrogen-bond acceptors (Lipinski definition) is 2. The molecule has 1 aromatic rings. The highest BCUT2D eigenvalue weighted by Crippen LogP contribution is 2.32. The average Bonchev–Trinajstić information content (AvgIpc) is 2.30. The van der Waals surface area contributed by atoms with E-state index in [1.807, 2.05) is 18.2 Å². The molecular formula is C12H17ClN2. The van der Waals surface area contributed by atoms with Crippen molar-refractivity contribution in [1.29, 1.82) is 0 Å². The van der Waals surface area contributed by atoms with Gasteiger partial charge in [-0.25, -0.2) is 0 Å². The SMILES string of the molecule is NC[C@H]1CCCN[C@@H]1c1ccccc1Cl. The normalized spacial score (nSPS) is 26.5. The van der Waals surface area contributed by atoms with Crippen LogP contribution in [0.4, 0.5) is 0 Å². The van der Waals surface area contributed by atoms with Gasteiger partial charge in [0.25, 0.3) is 0 Å². The van der Waals surface area contributed by atoms with Crippen LogP contribution in [-0.2, 0) is 0 Å². The smallest absolute Gasteiger partial charge is 0.0453 e. The molecule has 0 radical (unpaired) electrons. The third-order valence-corrected chi connectivity index (χ3v) is 3.47. The van der Waals surface area contributed by atoms with Crippen molar-refractivity contribution in [3.8, 4) is 0 Å². The van der Waals surface area contributed by atoms with Gasteiger partial charge >= 0.3 is 0 Å². The van der Waals surface area contributed by atoms with E-state index in [0.717, 1.165) is 18.1 Å². The summed E-state index contributed by atoms with van der Waals surface area (Å²) in [5.41, 5.74) is 6.99. The van der Waals surface area contributed by atoms with Gasteiger partial charge in [0.15, 0.2) is 0 Å². The lowest BCUT2D eigenvalue weighted by molar-refractivity contribution is 0.291. The number of benzene rings is 1. The topological polar surface area (TPSA) is 38.0 Å².